The average molecular weight is 499 g/mol. The summed E-state index contributed by atoms with van der Waals surface area (Å²) in [5.74, 6) is 0.365. The Morgan fingerprint density at radius 2 is 1.86 bits per heavy atom. The summed E-state index contributed by atoms with van der Waals surface area (Å²) >= 11 is 0. The van der Waals surface area contributed by atoms with E-state index in [2.05, 4.69) is 13.8 Å². The summed E-state index contributed by atoms with van der Waals surface area (Å²) in [6.07, 6.45) is 11.6. The maximum absolute atomic E-state index is 14.3. The number of hydrogen-bond donors (Lipinski definition) is 1. The lowest BCUT2D eigenvalue weighted by molar-refractivity contribution is -0.254. The van der Waals surface area contributed by atoms with Crippen LogP contribution in [0.25, 0.3) is 0 Å². The fourth-order valence-corrected chi connectivity index (χ4v) is 10.8. The van der Waals surface area contributed by atoms with Gasteiger partial charge in [0.15, 0.2) is 5.78 Å². The molecule has 0 amide bonds. The molecule has 1 N–H and O–H groups in total. The number of fused-ring (bicyclic) bond motifs is 4. The van der Waals surface area contributed by atoms with Gasteiger partial charge >= 0.3 is 5.97 Å². The zero-order valence-electron chi connectivity index (χ0n) is 22.2. The largest absolute Gasteiger partial charge is 0.458 e. The number of rotatable bonds is 6. The van der Waals surface area contributed by atoms with Crippen molar-refractivity contribution in [2.75, 3.05) is 13.2 Å². The number of hydrogen-bond acceptors (Lipinski definition) is 6. The molecule has 0 radical (unpaired) electrons. The molecule has 6 rings (SSSR count). The lowest BCUT2D eigenvalue weighted by atomic mass is 9.33. The Hall–Kier alpha value is -1.53. The minimum Gasteiger partial charge on any atom is -0.458 e. The number of cyclic esters (lactones) is 1. The Kier molecular flexibility index (Phi) is 5.50. The van der Waals surface area contributed by atoms with E-state index in [4.69, 9.17) is 9.47 Å². The van der Waals surface area contributed by atoms with Crippen molar-refractivity contribution in [1.29, 1.82) is 0 Å². The zero-order valence-corrected chi connectivity index (χ0v) is 22.2. The summed E-state index contributed by atoms with van der Waals surface area (Å²) in [5.41, 5.74) is -1.16. The van der Waals surface area contributed by atoms with Gasteiger partial charge in [0.2, 0.25) is 0 Å². The lowest BCUT2D eigenvalue weighted by Gasteiger charge is -2.70. The minimum absolute atomic E-state index is 0.00174. The molecule has 1 aliphatic heterocycles. The first-order chi connectivity index (χ1) is 17.1. The number of carbonyl (C=O) groups is 3. The van der Waals surface area contributed by atoms with E-state index in [9.17, 15) is 19.5 Å². The van der Waals surface area contributed by atoms with Crippen LogP contribution in [0, 0.1) is 33.5 Å². The van der Waals surface area contributed by atoms with E-state index >= 15 is 0 Å². The van der Waals surface area contributed by atoms with Crippen molar-refractivity contribution in [3.05, 3.63) is 11.6 Å². The number of ketones is 2. The zero-order chi connectivity index (χ0) is 25.6. The van der Waals surface area contributed by atoms with E-state index < -0.39 is 16.4 Å². The van der Waals surface area contributed by atoms with Gasteiger partial charge in [-0.05, 0) is 92.4 Å². The van der Waals surface area contributed by atoms with E-state index in [0.717, 1.165) is 63.4 Å². The first-order valence-corrected chi connectivity index (χ1v) is 14.4. The van der Waals surface area contributed by atoms with Crippen molar-refractivity contribution in [2.45, 2.75) is 110 Å². The van der Waals surface area contributed by atoms with Crippen molar-refractivity contribution in [1.82, 2.24) is 0 Å². The van der Waals surface area contributed by atoms with Gasteiger partial charge in [-0.2, -0.15) is 0 Å². The smallest absolute Gasteiger partial charge is 0.331 e. The Bertz CT molecular complexity index is 1030. The minimum atomic E-state index is -0.998. The second-order valence-corrected chi connectivity index (χ2v) is 13.2. The molecule has 0 aromatic rings. The molecular weight excluding hydrogens is 456 g/mol. The Balaban J connectivity index is 1.32. The third kappa shape index (κ3) is 2.78. The Morgan fingerprint density at radius 1 is 1.08 bits per heavy atom. The van der Waals surface area contributed by atoms with Gasteiger partial charge in [-0.3, -0.25) is 9.59 Å². The predicted octanol–water partition coefficient (Wildman–Crippen LogP) is 4.71. The third-order valence-corrected chi connectivity index (χ3v) is 12.7. The van der Waals surface area contributed by atoms with Gasteiger partial charge in [-0.15, -0.1) is 0 Å². The van der Waals surface area contributed by atoms with E-state index in [1.165, 1.54) is 0 Å². The van der Waals surface area contributed by atoms with Crippen molar-refractivity contribution in [2.24, 2.45) is 33.5 Å². The van der Waals surface area contributed by atoms with Crippen LogP contribution in [-0.2, 0) is 23.9 Å². The molecule has 6 nitrogen and oxygen atoms in total. The molecule has 0 saturated heterocycles. The quantitative estimate of drug-likeness (QED) is 0.534. The fourth-order valence-electron chi connectivity index (χ4n) is 10.8. The highest BCUT2D eigenvalue weighted by Crippen LogP contribution is 2.80. The van der Waals surface area contributed by atoms with Gasteiger partial charge in [0, 0.05) is 24.3 Å². The maximum Gasteiger partial charge on any atom is 0.331 e. The molecule has 5 aliphatic carbocycles. The van der Waals surface area contributed by atoms with Crippen LogP contribution in [-0.4, -0.2) is 47.6 Å². The summed E-state index contributed by atoms with van der Waals surface area (Å²) in [4.78, 5) is 38.1. The Morgan fingerprint density at radius 3 is 2.50 bits per heavy atom. The normalized spacial score (nSPS) is 49.2. The molecule has 6 heteroatoms. The molecule has 6 aliphatic rings. The highest BCUT2D eigenvalue weighted by atomic mass is 16.5. The number of aliphatic hydroxyl groups is 1. The van der Waals surface area contributed by atoms with Crippen LogP contribution < -0.4 is 0 Å². The molecule has 1 spiro atoms. The summed E-state index contributed by atoms with van der Waals surface area (Å²) in [5, 5.41) is 12.6. The molecule has 1 heterocycles. The van der Waals surface area contributed by atoms with Crippen LogP contribution in [0.3, 0.4) is 0 Å². The van der Waals surface area contributed by atoms with Gasteiger partial charge in [-0.1, -0.05) is 20.8 Å². The van der Waals surface area contributed by atoms with Crippen LogP contribution in [0.15, 0.2) is 11.6 Å². The molecule has 5 fully saturated rings. The molecule has 5 saturated carbocycles. The molecule has 198 valence electrons. The SMILES string of the molecule is CCC(=O)CO[C@H]1CC[C@]2(CC)C3CC(=O)[C@]45CC[C@]4(C4=CC(=O)OC4)CC[C@]5(O)C3CC[C@]2(C)C1. The standard InChI is InChI=1S/C30H42O6/c1-4-20(31)18-35-21-6-9-27(5-2)23-15-24(32)29-12-10-28(29,19-14-25(33)36-17-19)11-13-30(29,34)22(23)7-8-26(27,3)16-21/h14,21-23,34H,4-13,15-18H2,1-3H3/t21-,22?,23?,26+,27+,28+,29+,30-/m0/s1. The average Bonchev–Trinajstić information content (AvgIpc) is 3.34. The van der Waals surface area contributed by atoms with Crippen molar-refractivity contribution in [3.63, 3.8) is 0 Å². The summed E-state index contributed by atoms with van der Waals surface area (Å²) < 4.78 is 11.4. The number of carbonyl (C=O) groups excluding carboxylic acids is 3. The maximum atomic E-state index is 14.3. The highest BCUT2D eigenvalue weighted by Gasteiger charge is 2.82. The number of ether oxygens (including phenoxy) is 2. The fraction of sp³-hybridized carbons (Fsp3) is 0.833. The van der Waals surface area contributed by atoms with Gasteiger partial charge in [0.1, 0.15) is 19.0 Å². The lowest BCUT2D eigenvalue weighted by Crippen LogP contribution is -2.73. The van der Waals surface area contributed by atoms with Gasteiger partial charge in [0.05, 0.1) is 17.1 Å². The topological polar surface area (TPSA) is 89.9 Å². The van der Waals surface area contributed by atoms with Crippen molar-refractivity contribution >= 4 is 17.5 Å². The molecule has 0 aromatic carbocycles. The molecule has 36 heavy (non-hydrogen) atoms. The second kappa shape index (κ2) is 7.99. The predicted molar refractivity (Wildman–Crippen MR) is 133 cm³/mol. The van der Waals surface area contributed by atoms with Crippen LogP contribution in [0.5, 0.6) is 0 Å². The molecule has 0 aromatic heterocycles. The van der Waals surface area contributed by atoms with Crippen LogP contribution in [0.4, 0.5) is 0 Å². The summed E-state index contributed by atoms with van der Waals surface area (Å²) in [6.45, 7) is 7.01. The van der Waals surface area contributed by atoms with E-state index in [0.29, 0.717) is 19.3 Å². The molecular formula is C30H42O6. The monoisotopic (exact) mass is 498 g/mol. The van der Waals surface area contributed by atoms with Crippen LogP contribution in [0.2, 0.25) is 0 Å². The van der Waals surface area contributed by atoms with Gasteiger partial charge in [0.25, 0.3) is 0 Å². The van der Waals surface area contributed by atoms with Gasteiger partial charge < -0.3 is 14.6 Å². The van der Waals surface area contributed by atoms with E-state index in [1.54, 1.807) is 6.08 Å². The Labute approximate surface area is 214 Å². The van der Waals surface area contributed by atoms with Crippen molar-refractivity contribution < 1.29 is 29.0 Å². The second-order valence-electron chi connectivity index (χ2n) is 13.2. The number of esters is 1. The van der Waals surface area contributed by atoms with Crippen LogP contribution in [0.1, 0.15) is 97.8 Å². The van der Waals surface area contributed by atoms with Gasteiger partial charge in [-0.25, -0.2) is 4.79 Å². The summed E-state index contributed by atoms with van der Waals surface area (Å²) in [6, 6.07) is 0. The third-order valence-electron chi connectivity index (χ3n) is 12.7. The van der Waals surface area contributed by atoms with Crippen molar-refractivity contribution in [3.8, 4) is 0 Å². The molecule has 8 atom stereocenters. The molecule has 2 unspecified atom stereocenters. The summed E-state index contributed by atoms with van der Waals surface area (Å²) in [7, 11) is 0. The molecule has 0 bridgehead atoms. The van der Waals surface area contributed by atoms with Crippen LogP contribution >= 0.6 is 0 Å². The number of Topliss-reactive ketones (excluding diaryl/α,β-unsaturated/α-hetero) is 2. The van der Waals surface area contributed by atoms with E-state index in [-0.39, 0.29) is 59.5 Å². The highest BCUT2D eigenvalue weighted by molar-refractivity contribution is 5.93. The first kappa shape index (κ1) is 24.8. The first-order valence-electron chi connectivity index (χ1n) is 14.4. The van der Waals surface area contributed by atoms with E-state index in [1.807, 2.05) is 6.92 Å².